The molecule has 0 spiro atoms. The lowest BCUT2D eigenvalue weighted by Gasteiger charge is -2.39. The Morgan fingerprint density at radius 2 is 2.10 bits per heavy atom. The van der Waals surface area contributed by atoms with Gasteiger partial charge in [0.2, 0.25) is 5.95 Å². The zero-order valence-corrected chi connectivity index (χ0v) is 11.1. The average molecular weight is 269 g/mol. The number of fused-ring (bicyclic) bond motifs is 3. The lowest BCUT2D eigenvalue weighted by atomic mass is 10.1. The Morgan fingerprint density at radius 3 is 2.90 bits per heavy atom. The van der Waals surface area contributed by atoms with Crippen LogP contribution in [0.2, 0.25) is 0 Å². The van der Waals surface area contributed by atoms with Crippen molar-refractivity contribution in [3.63, 3.8) is 0 Å². The summed E-state index contributed by atoms with van der Waals surface area (Å²) < 4.78 is 5.92. The molecule has 0 bridgehead atoms. The fourth-order valence-electron chi connectivity index (χ4n) is 2.64. The largest absolute Gasteiger partial charge is 0.450 e. The van der Waals surface area contributed by atoms with E-state index in [0.717, 1.165) is 41.0 Å². The van der Waals surface area contributed by atoms with E-state index in [1.165, 1.54) is 0 Å². The molecule has 1 aliphatic heterocycles. The number of nitrogens with two attached hydrogens (primary N) is 1. The zero-order chi connectivity index (χ0) is 13.7. The van der Waals surface area contributed by atoms with E-state index in [1.807, 2.05) is 31.3 Å². The number of hydrogen-bond acceptors (Lipinski definition) is 6. The number of para-hydroxylation sites is 1. The monoisotopic (exact) mass is 269 g/mol. The Kier molecular flexibility index (Phi) is 2.34. The predicted molar refractivity (Wildman–Crippen MR) is 78.8 cm³/mol. The first-order valence-corrected chi connectivity index (χ1v) is 6.63. The highest BCUT2D eigenvalue weighted by atomic mass is 16.3. The molecule has 1 aliphatic rings. The van der Waals surface area contributed by atoms with Crippen LogP contribution in [0.5, 0.6) is 0 Å². The van der Waals surface area contributed by atoms with E-state index in [-0.39, 0.29) is 5.95 Å². The van der Waals surface area contributed by atoms with Crippen molar-refractivity contribution >= 4 is 33.8 Å². The number of anilines is 2. The molecule has 0 atom stereocenters. The normalized spacial score (nSPS) is 15.9. The smallest absolute Gasteiger partial charge is 0.222 e. The van der Waals surface area contributed by atoms with E-state index in [9.17, 15) is 0 Å². The first-order chi connectivity index (χ1) is 9.76. The van der Waals surface area contributed by atoms with Gasteiger partial charge < -0.3 is 20.4 Å². The van der Waals surface area contributed by atoms with Crippen LogP contribution >= 0.6 is 0 Å². The minimum absolute atomic E-state index is 0.284. The van der Waals surface area contributed by atoms with E-state index in [2.05, 4.69) is 20.2 Å². The van der Waals surface area contributed by atoms with E-state index < -0.39 is 0 Å². The van der Waals surface area contributed by atoms with Crippen molar-refractivity contribution in [1.29, 1.82) is 0 Å². The molecule has 0 radical (unpaired) electrons. The first-order valence-electron chi connectivity index (χ1n) is 6.63. The lowest BCUT2D eigenvalue weighted by Crippen LogP contribution is -2.57. The van der Waals surface area contributed by atoms with Crippen molar-refractivity contribution in [1.82, 2.24) is 15.3 Å². The SMILES string of the molecule is CNC1CN(c2nc(N)nc3c2oc2ccccc23)C1. The predicted octanol–water partition coefficient (Wildman–Crippen LogP) is 1.37. The Morgan fingerprint density at radius 1 is 1.30 bits per heavy atom. The van der Waals surface area contributed by atoms with Crippen molar-refractivity contribution < 1.29 is 4.42 Å². The lowest BCUT2D eigenvalue weighted by molar-refractivity contribution is 0.446. The number of likely N-dealkylation sites (N-methyl/N-ethyl adjacent to an activating group) is 1. The number of nitrogens with one attached hydrogen (secondary N) is 1. The summed E-state index contributed by atoms with van der Waals surface area (Å²) in [6.45, 7) is 1.80. The van der Waals surface area contributed by atoms with Crippen LogP contribution in [0.4, 0.5) is 11.8 Å². The summed E-state index contributed by atoms with van der Waals surface area (Å²) in [5, 5.41) is 4.22. The molecule has 1 saturated heterocycles. The molecule has 3 aromatic rings. The van der Waals surface area contributed by atoms with Gasteiger partial charge in [0.05, 0.1) is 0 Å². The second kappa shape index (κ2) is 4.08. The molecule has 3 N–H and O–H groups in total. The van der Waals surface area contributed by atoms with Crippen LogP contribution < -0.4 is 16.0 Å². The summed E-state index contributed by atoms with van der Waals surface area (Å²) in [5.74, 6) is 1.07. The maximum atomic E-state index is 5.92. The van der Waals surface area contributed by atoms with Crippen LogP contribution in [-0.2, 0) is 0 Å². The number of hydrogen-bond donors (Lipinski definition) is 2. The molecule has 102 valence electrons. The molecule has 20 heavy (non-hydrogen) atoms. The van der Waals surface area contributed by atoms with Gasteiger partial charge in [0.25, 0.3) is 0 Å². The van der Waals surface area contributed by atoms with Gasteiger partial charge in [0.15, 0.2) is 11.4 Å². The van der Waals surface area contributed by atoms with E-state index >= 15 is 0 Å². The summed E-state index contributed by atoms with van der Waals surface area (Å²) in [6.07, 6.45) is 0. The maximum Gasteiger partial charge on any atom is 0.222 e. The molecule has 0 aliphatic carbocycles. The maximum absolute atomic E-state index is 5.92. The number of rotatable bonds is 2. The van der Waals surface area contributed by atoms with E-state index in [0.29, 0.717) is 6.04 Å². The molecule has 3 heterocycles. The van der Waals surface area contributed by atoms with Crippen LogP contribution in [0.3, 0.4) is 0 Å². The van der Waals surface area contributed by atoms with Crippen LogP contribution in [-0.4, -0.2) is 36.1 Å². The summed E-state index contributed by atoms with van der Waals surface area (Å²) >= 11 is 0. The molecule has 1 fully saturated rings. The quantitative estimate of drug-likeness (QED) is 0.731. The third-order valence-electron chi connectivity index (χ3n) is 3.81. The van der Waals surface area contributed by atoms with Gasteiger partial charge in [-0.1, -0.05) is 12.1 Å². The molecular formula is C14H15N5O. The Labute approximate surface area is 115 Å². The summed E-state index contributed by atoms with van der Waals surface area (Å²) in [5.41, 5.74) is 8.17. The highest BCUT2D eigenvalue weighted by molar-refractivity contribution is 6.06. The van der Waals surface area contributed by atoms with Crippen molar-refractivity contribution in [3.8, 4) is 0 Å². The second-order valence-electron chi connectivity index (χ2n) is 5.07. The van der Waals surface area contributed by atoms with Gasteiger partial charge in [-0.3, -0.25) is 0 Å². The van der Waals surface area contributed by atoms with Crippen LogP contribution in [0.15, 0.2) is 28.7 Å². The van der Waals surface area contributed by atoms with Gasteiger partial charge >= 0.3 is 0 Å². The molecule has 4 rings (SSSR count). The van der Waals surface area contributed by atoms with Gasteiger partial charge in [-0.25, -0.2) is 4.98 Å². The number of benzene rings is 1. The molecule has 6 heteroatoms. The second-order valence-corrected chi connectivity index (χ2v) is 5.07. The number of nitrogens with zero attached hydrogens (tertiary/aromatic N) is 3. The molecule has 0 amide bonds. The Balaban J connectivity index is 1.92. The zero-order valence-electron chi connectivity index (χ0n) is 11.1. The molecule has 0 unspecified atom stereocenters. The van der Waals surface area contributed by atoms with Crippen molar-refractivity contribution in [2.24, 2.45) is 0 Å². The molecule has 6 nitrogen and oxygen atoms in total. The summed E-state index contributed by atoms with van der Waals surface area (Å²) in [4.78, 5) is 10.9. The van der Waals surface area contributed by atoms with Crippen molar-refractivity contribution in [2.75, 3.05) is 30.8 Å². The highest BCUT2D eigenvalue weighted by Crippen LogP contribution is 2.34. The molecule has 0 saturated carbocycles. The third-order valence-corrected chi connectivity index (χ3v) is 3.81. The van der Waals surface area contributed by atoms with Gasteiger partial charge in [0.1, 0.15) is 11.1 Å². The summed E-state index contributed by atoms with van der Waals surface area (Å²) in [7, 11) is 1.97. The average Bonchev–Trinajstić information content (AvgIpc) is 2.76. The molecule has 2 aromatic heterocycles. The van der Waals surface area contributed by atoms with Crippen LogP contribution in [0.1, 0.15) is 0 Å². The van der Waals surface area contributed by atoms with Gasteiger partial charge in [-0.15, -0.1) is 0 Å². The fourth-order valence-corrected chi connectivity index (χ4v) is 2.64. The number of aromatic nitrogens is 2. The minimum Gasteiger partial charge on any atom is -0.450 e. The van der Waals surface area contributed by atoms with Crippen molar-refractivity contribution in [3.05, 3.63) is 24.3 Å². The third kappa shape index (κ3) is 1.55. The van der Waals surface area contributed by atoms with E-state index in [1.54, 1.807) is 0 Å². The molecule has 1 aromatic carbocycles. The van der Waals surface area contributed by atoms with Crippen LogP contribution in [0, 0.1) is 0 Å². The molecular weight excluding hydrogens is 254 g/mol. The topological polar surface area (TPSA) is 80.2 Å². The highest BCUT2D eigenvalue weighted by Gasteiger charge is 2.29. The fraction of sp³-hybridized carbons (Fsp3) is 0.286. The Bertz CT molecular complexity index is 791. The van der Waals surface area contributed by atoms with Gasteiger partial charge in [-0.2, -0.15) is 4.98 Å². The van der Waals surface area contributed by atoms with Crippen LogP contribution in [0.25, 0.3) is 22.1 Å². The number of furan rings is 1. The number of nitrogen functional groups attached to an aromatic ring is 1. The standard InChI is InChI=1S/C14H15N5O/c1-16-8-6-19(7-8)13-12-11(17-14(15)18-13)9-4-2-3-5-10(9)20-12/h2-5,8,16H,6-7H2,1H3,(H2,15,17,18). The Hall–Kier alpha value is -2.34. The minimum atomic E-state index is 0.284. The van der Waals surface area contributed by atoms with Gasteiger partial charge in [-0.05, 0) is 19.2 Å². The summed E-state index contributed by atoms with van der Waals surface area (Å²) in [6, 6.07) is 8.33. The van der Waals surface area contributed by atoms with Crippen molar-refractivity contribution in [2.45, 2.75) is 6.04 Å². The van der Waals surface area contributed by atoms with E-state index in [4.69, 9.17) is 10.2 Å². The van der Waals surface area contributed by atoms with Gasteiger partial charge in [0, 0.05) is 24.5 Å². The first kappa shape index (κ1) is 11.5.